The van der Waals surface area contributed by atoms with Crippen molar-refractivity contribution in [2.45, 2.75) is 85.0 Å². The monoisotopic (exact) mass is 551 g/mol. The van der Waals surface area contributed by atoms with Gasteiger partial charge in [0.2, 0.25) is 11.9 Å². The molecule has 1 aliphatic heterocycles. The molecule has 3 amide bonds. The van der Waals surface area contributed by atoms with E-state index >= 15 is 0 Å². The number of benzene rings is 1. The molecule has 0 bridgehead atoms. The first-order chi connectivity index (χ1) is 18.4. The fourth-order valence-electron chi connectivity index (χ4n) is 3.91. The molecule has 1 unspecified atom stereocenters. The number of rotatable bonds is 4. The molecule has 11 heteroatoms. The number of ketones is 1. The van der Waals surface area contributed by atoms with Gasteiger partial charge in [-0.1, -0.05) is 24.3 Å². The molecule has 0 saturated heterocycles. The van der Waals surface area contributed by atoms with Crippen LogP contribution in [0.3, 0.4) is 0 Å². The number of imide groups is 1. The second kappa shape index (κ2) is 11.1. The molecule has 1 atom stereocenters. The Bertz CT molecular complexity index is 1310. The SMILES string of the molecule is Cc1cnc(C(=O)Cc2cccc(C3(C)CC(=O)N(C)C(N(C(=O)OC(C)(C)C)C(=O)OC(C)(C)C)=N3)c2)cn1. The molecule has 214 valence electrons. The average molecular weight is 552 g/mol. The minimum Gasteiger partial charge on any atom is -0.443 e. The lowest BCUT2D eigenvalue weighted by molar-refractivity contribution is -0.128. The predicted octanol–water partition coefficient (Wildman–Crippen LogP) is 4.82. The van der Waals surface area contributed by atoms with Crippen LogP contribution in [-0.4, -0.2) is 67.9 Å². The number of aromatic nitrogens is 2. The molecular formula is C29H37N5O6. The summed E-state index contributed by atoms with van der Waals surface area (Å²) in [6, 6.07) is 7.12. The number of amides is 3. The fraction of sp³-hybridized carbons (Fsp3) is 0.483. The standard InChI is InChI=1S/C29H37N5O6/c1-18-16-31-21(17-30-18)22(35)14-19-11-10-12-20(13-19)29(8)15-23(36)33(9)24(32-29)34(25(37)39-27(2,3)4)26(38)40-28(5,6)7/h10-13,16-17H,14-15H2,1-9H3. The molecule has 11 nitrogen and oxygen atoms in total. The van der Waals surface area contributed by atoms with Crippen LogP contribution in [0.4, 0.5) is 9.59 Å². The number of Topliss-reactive ketones (excluding diaryl/α,β-unsaturated/α-hetero) is 1. The van der Waals surface area contributed by atoms with Gasteiger partial charge in [0.15, 0.2) is 5.78 Å². The lowest BCUT2D eigenvalue weighted by Gasteiger charge is -2.38. The Morgan fingerprint density at radius 2 is 1.60 bits per heavy atom. The number of guanidine groups is 1. The van der Waals surface area contributed by atoms with E-state index in [0.717, 1.165) is 4.90 Å². The molecule has 0 saturated carbocycles. The third-order valence-electron chi connectivity index (χ3n) is 5.85. The molecule has 0 N–H and O–H groups in total. The highest BCUT2D eigenvalue weighted by Crippen LogP contribution is 2.35. The molecule has 1 aromatic carbocycles. The van der Waals surface area contributed by atoms with Crippen molar-refractivity contribution in [3.63, 3.8) is 0 Å². The Labute approximate surface area is 234 Å². The van der Waals surface area contributed by atoms with E-state index in [0.29, 0.717) is 21.7 Å². The molecular weight excluding hydrogens is 514 g/mol. The molecule has 1 aromatic heterocycles. The lowest BCUT2D eigenvalue weighted by Crippen LogP contribution is -2.56. The molecule has 0 aliphatic carbocycles. The smallest absolute Gasteiger partial charge is 0.427 e. The molecule has 3 rings (SSSR count). The Morgan fingerprint density at radius 3 is 2.12 bits per heavy atom. The zero-order valence-corrected chi connectivity index (χ0v) is 24.6. The van der Waals surface area contributed by atoms with Crippen LogP contribution in [0.15, 0.2) is 41.7 Å². The first kappa shape index (κ1) is 30.4. The number of ether oxygens (including phenoxy) is 2. The third kappa shape index (κ3) is 7.49. The van der Waals surface area contributed by atoms with Gasteiger partial charge in [-0.05, 0) is 66.5 Å². The minimum absolute atomic E-state index is 0.0374. The van der Waals surface area contributed by atoms with Gasteiger partial charge in [0.1, 0.15) is 16.9 Å². The van der Waals surface area contributed by atoms with Crippen LogP contribution >= 0.6 is 0 Å². The van der Waals surface area contributed by atoms with E-state index in [4.69, 9.17) is 14.5 Å². The fourth-order valence-corrected chi connectivity index (χ4v) is 3.91. The largest absolute Gasteiger partial charge is 0.443 e. The number of aryl methyl sites for hydroxylation is 1. The van der Waals surface area contributed by atoms with Gasteiger partial charge in [0.05, 0.1) is 23.9 Å². The van der Waals surface area contributed by atoms with E-state index in [1.807, 2.05) is 0 Å². The number of carbonyl (C=O) groups excluding carboxylic acids is 4. The van der Waals surface area contributed by atoms with Gasteiger partial charge in [-0.25, -0.2) is 19.6 Å². The van der Waals surface area contributed by atoms with Crippen LogP contribution in [0.25, 0.3) is 0 Å². The van der Waals surface area contributed by atoms with Crippen molar-refractivity contribution in [1.29, 1.82) is 0 Å². The topological polar surface area (TPSA) is 131 Å². The van der Waals surface area contributed by atoms with Crippen molar-refractivity contribution >= 4 is 29.8 Å². The maximum absolute atomic E-state index is 13.3. The van der Waals surface area contributed by atoms with Crippen molar-refractivity contribution in [2.24, 2.45) is 4.99 Å². The van der Waals surface area contributed by atoms with Gasteiger partial charge in [-0.3, -0.25) is 19.5 Å². The van der Waals surface area contributed by atoms with E-state index in [-0.39, 0.29) is 36.2 Å². The summed E-state index contributed by atoms with van der Waals surface area (Å²) in [4.78, 5) is 67.4. The van der Waals surface area contributed by atoms with Crippen molar-refractivity contribution in [3.05, 3.63) is 59.2 Å². The minimum atomic E-state index is -1.16. The van der Waals surface area contributed by atoms with Crippen LogP contribution in [0, 0.1) is 6.92 Å². The highest BCUT2D eigenvalue weighted by atomic mass is 16.6. The van der Waals surface area contributed by atoms with E-state index < -0.39 is 28.9 Å². The van der Waals surface area contributed by atoms with Crippen molar-refractivity contribution < 1.29 is 28.7 Å². The molecule has 0 radical (unpaired) electrons. The van der Waals surface area contributed by atoms with Gasteiger partial charge >= 0.3 is 12.2 Å². The van der Waals surface area contributed by atoms with Crippen LogP contribution in [0.2, 0.25) is 0 Å². The van der Waals surface area contributed by atoms with E-state index in [2.05, 4.69) is 9.97 Å². The third-order valence-corrected chi connectivity index (χ3v) is 5.85. The first-order valence-corrected chi connectivity index (χ1v) is 12.9. The van der Waals surface area contributed by atoms with Gasteiger partial charge in [0, 0.05) is 19.7 Å². The quantitative estimate of drug-likeness (QED) is 0.495. The summed E-state index contributed by atoms with van der Waals surface area (Å²) in [6.45, 7) is 13.5. The average Bonchev–Trinajstić information content (AvgIpc) is 2.80. The van der Waals surface area contributed by atoms with Crippen LogP contribution in [0.1, 0.15) is 82.2 Å². The summed E-state index contributed by atoms with van der Waals surface area (Å²) < 4.78 is 11.0. The summed E-state index contributed by atoms with van der Waals surface area (Å²) in [5, 5.41) is 0. The number of carbonyl (C=O) groups is 4. The van der Waals surface area contributed by atoms with Crippen LogP contribution < -0.4 is 0 Å². The zero-order chi connectivity index (χ0) is 30.0. The lowest BCUT2D eigenvalue weighted by atomic mass is 9.86. The predicted molar refractivity (Wildman–Crippen MR) is 148 cm³/mol. The van der Waals surface area contributed by atoms with Gasteiger partial charge in [-0.2, -0.15) is 0 Å². The normalized spacial score (nSPS) is 17.7. The van der Waals surface area contributed by atoms with Gasteiger partial charge in [-0.15, -0.1) is 4.90 Å². The van der Waals surface area contributed by atoms with E-state index in [1.165, 1.54) is 19.4 Å². The number of hydrogen-bond acceptors (Lipinski definition) is 9. The number of nitrogens with zero attached hydrogens (tertiary/aromatic N) is 5. The van der Waals surface area contributed by atoms with Crippen molar-refractivity contribution in [2.75, 3.05) is 7.05 Å². The summed E-state index contributed by atoms with van der Waals surface area (Å²) in [6.07, 6.45) is 0.951. The van der Waals surface area contributed by atoms with Crippen LogP contribution in [0.5, 0.6) is 0 Å². The molecule has 0 fully saturated rings. The number of aliphatic imine (C=N–C) groups is 1. The first-order valence-electron chi connectivity index (χ1n) is 12.9. The molecule has 0 spiro atoms. The second-order valence-corrected chi connectivity index (χ2v) is 12.0. The van der Waals surface area contributed by atoms with Crippen molar-refractivity contribution in [1.82, 2.24) is 19.8 Å². The van der Waals surface area contributed by atoms with E-state index in [1.54, 1.807) is 79.7 Å². The van der Waals surface area contributed by atoms with Gasteiger partial charge < -0.3 is 9.47 Å². The molecule has 40 heavy (non-hydrogen) atoms. The number of hydrogen-bond donors (Lipinski definition) is 0. The van der Waals surface area contributed by atoms with Crippen LogP contribution in [-0.2, 0) is 26.2 Å². The molecule has 1 aliphatic rings. The zero-order valence-electron chi connectivity index (χ0n) is 24.6. The molecule has 2 aromatic rings. The highest BCUT2D eigenvalue weighted by Gasteiger charge is 2.44. The summed E-state index contributed by atoms with van der Waals surface area (Å²) in [5.74, 6) is -0.806. The van der Waals surface area contributed by atoms with Crippen molar-refractivity contribution in [3.8, 4) is 0 Å². The second-order valence-electron chi connectivity index (χ2n) is 12.0. The molecule has 2 heterocycles. The summed E-state index contributed by atoms with van der Waals surface area (Å²) >= 11 is 0. The maximum Gasteiger partial charge on any atom is 0.427 e. The summed E-state index contributed by atoms with van der Waals surface area (Å²) in [5.41, 5.74) is -0.752. The van der Waals surface area contributed by atoms with Gasteiger partial charge in [0.25, 0.3) is 0 Å². The maximum atomic E-state index is 13.3. The summed E-state index contributed by atoms with van der Waals surface area (Å²) in [7, 11) is 1.43. The Kier molecular flexibility index (Phi) is 8.47. The Balaban J connectivity index is 2.03. The Morgan fingerprint density at radius 1 is 1.00 bits per heavy atom. The Hall–Kier alpha value is -4.15. The van der Waals surface area contributed by atoms with E-state index in [9.17, 15) is 19.2 Å². The highest BCUT2D eigenvalue weighted by molar-refractivity contribution is 6.13.